The quantitative estimate of drug-likeness (QED) is 0.578. The molecule has 0 saturated heterocycles. The Morgan fingerprint density at radius 2 is 1.92 bits per heavy atom. The molecule has 1 aliphatic heterocycles. The van der Waals surface area contributed by atoms with Crippen LogP contribution in [-0.4, -0.2) is 92.4 Å². The van der Waals surface area contributed by atoms with E-state index in [4.69, 9.17) is 9.47 Å². The van der Waals surface area contributed by atoms with E-state index in [-0.39, 0.29) is 53.5 Å². The van der Waals surface area contributed by atoms with Gasteiger partial charge >= 0.3 is 6.18 Å². The van der Waals surface area contributed by atoms with Gasteiger partial charge in [-0.2, -0.15) is 21.6 Å². The van der Waals surface area contributed by atoms with Gasteiger partial charge in [-0.15, -0.1) is 0 Å². The van der Waals surface area contributed by atoms with Gasteiger partial charge in [0.2, 0.25) is 0 Å². The molecule has 10 nitrogen and oxygen atoms in total. The van der Waals surface area contributed by atoms with E-state index >= 15 is 0 Å². The van der Waals surface area contributed by atoms with Crippen molar-refractivity contribution in [3.8, 4) is 5.75 Å². The lowest BCUT2D eigenvalue weighted by molar-refractivity contribution is -0.140. The molecule has 0 radical (unpaired) electrons. The number of ether oxygens (including phenoxy) is 2. The van der Waals surface area contributed by atoms with Crippen LogP contribution in [0.5, 0.6) is 5.75 Å². The number of benzene rings is 1. The molecule has 0 bridgehead atoms. The van der Waals surface area contributed by atoms with Crippen LogP contribution in [0.4, 0.5) is 18.9 Å². The van der Waals surface area contributed by atoms with E-state index in [1.54, 1.807) is 25.9 Å². The van der Waals surface area contributed by atoms with Crippen LogP contribution in [0.3, 0.4) is 0 Å². The maximum atomic E-state index is 13.3. The van der Waals surface area contributed by atoms with Gasteiger partial charge in [0.05, 0.1) is 30.1 Å². The molecule has 38 heavy (non-hydrogen) atoms. The number of imidazole rings is 1. The Morgan fingerprint density at radius 1 is 1.21 bits per heavy atom. The lowest BCUT2D eigenvalue weighted by Gasteiger charge is -2.36. The molecule has 2 heterocycles. The summed E-state index contributed by atoms with van der Waals surface area (Å²) in [5.41, 5.74) is 0.326. The number of hydrogen-bond donors (Lipinski definition) is 1. The van der Waals surface area contributed by atoms with Gasteiger partial charge in [-0.1, -0.05) is 6.92 Å². The molecular weight excluding hydrogens is 527 g/mol. The Kier molecular flexibility index (Phi) is 9.31. The molecule has 1 aromatic heterocycles. The molecule has 3 rings (SSSR count). The van der Waals surface area contributed by atoms with E-state index < -0.39 is 34.8 Å². The zero-order valence-electron chi connectivity index (χ0n) is 22.0. The number of carbonyl (C=O) groups excluding carboxylic acids is 1. The minimum atomic E-state index is -4.31. The highest BCUT2D eigenvalue weighted by Crippen LogP contribution is 2.28. The average molecular weight is 562 g/mol. The number of nitrogens with zero attached hydrogens (tertiary/aromatic N) is 4. The highest BCUT2D eigenvalue weighted by Gasteiger charge is 2.32. The zero-order chi connectivity index (χ0) is 28.3. The van der Waals surface area contributed by atoms with Crippen LogP contribution in [0.2, 0.25) is 0 Å². The lowest BCUT2D eigenvalue weighted by Crippen LogP contribution is -2.47. The normalized spacial score (nSPS) is 22.3. The first-order chi connectivity index (χ1) is 17.7. The molecular formula is C24H34F3N5O5S. The molecule has 1 N–H and O–H groups in total. The number of methoxy groups -OCH3 is 1. The molecule has 0 saturated carbocycles. The fourth-order valence-electron chi connectivity index (χ4n) is 4.23. The number of alkyl halides is 3. The first kappa shape index (κ1) is 29.7. The number of hydrogen-bond acceptors (Lipinski definition) is 7. The SMILES string of the molecule is CO[C@@H]1CN(C)C(=O)c2ccc(NS(=O)(=O)c3cn(C)cn3)cc2OC[C@H](C)N(CCC(F)(F)F)C[C@@H]1C. The van der Waals surface area contributed by atoms with Crippen LogP contribution < -0.4 is 9.46 Å². The number of nitrogens with one attached hydrogen (secondary N) is 1. The van der Waals surface area contributed by atoms with Gasteiger partial charge in [-0.05, 0) is 25.0 Å². The monoisotopic (exact) mass is 561 g/mol. The van der Waals surface area contributed by atoms with Crippen molar-refractivity contribution in [1.29, 1.82) is 0 Å². The Bertz CT molecular complexity index is 1220. The molecule has 0 unspecified atom stereocenters. The molecule has 0 spiro atoms. The molecule has 1 aromatic carbocycles. The van der Waals surface area contributed by atoms with E-state index in [0.717, 1.165) is 0 Å². The Morgan fingerprint density at radius 3 is 2.53 bits per heavy atom. The topological polar surface area (TPSA) is 106 Å². The predicted octanol–water partition coefficient (Wildman–Crippen LogP) is 2.98. The van der Waals surface area contributed by atoms with E-state index in [2.05, 4.69) is 9.71 Å². The summed E-state index contributed by atoms with van der Waals surface area (Å²) in [5, 5.41) is -0.182. The van der Waals surface area contributed by atoms with Crippen LogP contribution in [0.15, 0.2) is 35.7 Å². The van der Waals surface area contributed by atoms with Crippen molar-refractivity contribution in [2.75, 3.05) is 45.1 Å². The third kappa shape index (κ3) is 7.60. The number of fused-ring (bicyclic) bond motifs is 1. The second-order valence-corrected chi connectivity index (χ2v) is 11.3. The van der Waals surface area contributed by atoms with E-state index in [9.17, 15) is 26.4 Å². The minimum Gasteiger partial charge on any atom is -0.491 e. The van der Waals surface area contributed by atoms with Crippen molar-refractivity contribution in [2.24, 2.45) is 13.0 Å². The van der Waals surface area contributed by atoms with Crippen LogP contribution in [0.1, 0.15) is 30.6 Å². The third-order valence-electron chi connectivity index (χ3n) is 6.47. The number of sulfonamides is 1. The third-order valence-corrected chi connectivity index (χ3v) is 7.73. The standard InChI is InChI=1S/C24H34F3N5O5S/c1-16-11-32(9-8-24(25,26)27)17(2)14-37-20-10-18(29-38(34,35)22-13-30(3)15-28-22)6-7-19(20)23(33)31(4)12-21(16)36-5/h6-7,10,13,15-17,21,29H,8-9,11-12,14H2,1-5H3/t16-,17-,21+/m0/s1. The maximum absolute atomic E-state index is 13.3. The van der Waals surface area contributed by atoms with Crippen LogP contribution in [0.25, 0.3) is 0 Å². The second-order valence-electron chi connectivity index (χ2n) is 9.65. The lowest BCUT2D eigenvalue weighted by atomic mass is 10.0. The summed E-state index contributed by atoms with van der Waals surface area (Å²) < 4.78 is 80.0. The number of aromatic nitrogens is 2. The molecule has 0 fully saturated rings. The number of amides is 1. The number of rotatable bonds is 6. The second kappa shape index (κ2) is 11.9. The first-order valence-electron chi connectivity index (χ1n) is 12.1. The van der Waals surface area contributed by atoms with Crippen molar-refractivity contribution in [3.63, 3.8) is 0 Å². The number of halogens is 3. The van der Waals surface area contributed by atoms with Crippen molar-refractivity contribution in [3.05, 3.63) is 36.3 Å². The smallest absolute Gasteiger partial charge is 0.390 e. The zero-order valence-corrected chi connectivity index (χ0v) is 22.8. The highest BCUT2D eigenvalue weighted by molar-refractivity contribution is 7.92. The molecule has 1 aliphatic rings. The summed E-state index contributed by atoms with van der Waals surface area (Å²) in [6.45, 7) is 3.88. The summed E-state index contributed by atoms with van der Waals surface area (Å²) in [4.78, 5) is 20.3. The van der Waals surface area contributed by atoms with Crippen LogP contribution >= 0.6 is 0 Å². The van der Waals surface area contributed by atoms with Gasteiger partial charge in [0.25, 0.3) is 15.9 Å². The number of likely N-dealkylation sites (N-methyl/N-ethyl adjacent to an activating group) is 1. The Hall–Kier alpha value is -2.84. The van der Waals surface area contributed by atoms with Crippen molar-refractivity contribution in [1.82, 2.24) is 19.4 Å². The Labute approximate surface area is 220 Å². The largest absolute Gasteiger partial charge is 0.491 e. The molecule has 0 aliphatic carbocycles. The number of aryl methyl sites for hydroxylation is 1. The van der Waals surface area contributed by atoms with Crippen molar-refractivity contribution < 1.29 is 35.9 Å². The first-order valence-corrected chi connectivity index (χ1v) is 13.5. The summed E-state index contributed by atoms with van der Waals surface area (Å²) >= 11 is 0. The van der Waals surface area contributed by atoms with E-state index in [0.29, 0.717) is 6.54 Å². The fraction of sp³-hybridized carbons (Fsp3) is 0.583. The maximum Gasteiger partial charge on any atom is 0.390 e. The van der Waals surface area contributed by atoms with Gasteiger partial charge in [0.1, 0.15) is 12.4 Å². The summed E-state index contributed by atoms with van der Waals surface area (Å²) in [5.74, 6) is -0.433. The van der Waals surface area contributed by atoms with Gasteiger partial charge in [0.15, 0.2) is 5.03 Å². The van der Waals surface area contributed by atoms with E-state index in [1.165, 1.54) is 47.3 Å². The highest BCUT2D eigenvalue weighted by atomic mass is 32.2. The number of carbonyl (C=O) groups is 1. The average Bonchev–Trinajstić information content (AvgIpc) is 3.29. The number of anilines is 1. The summed E-state index contributed by atoms with van der Waals surface area (Å²) in [6, 6.07) is 3.84. The summed E-state index contributed by atoms with van der Waals surface area (Å²) in [6.07, 6.45) is -3.01. The Balaban J connectivity index is 1.94. The predicted molar refractivity (Wildman–Crippen MR) is 135 cm³/mol. The fourth-order valence-corrected chi connectivity index (χ4v) is 5.26. The van der Waals surface area contributed by atoms with Gasteiger partial charge < -0.3 is 18.9 Å². The van der Waals surface area contributed by atoms with Gasteiger partial charge in [-0.25, -0.2) is 4.98 Å². The minimum absolute atomic E-state index is 0.0251. The van der Waals surface area contributed by atoms with Crippen LogP contribution in [-0.2, 0) is 21.8 Å². The summed E-state index contributed by atoms with van der Waals surface area (Å²) in [7, 11) is 0.733. The molecule has 2 aromatic rings. The van der Waals surface area contributed by atoms with Crippen molar-refractivity contribution >= 4 is 21.6 Å². The van der Waals surface area contributed by atoms with Gasteiger partial charge in [-0.3, -0.25) is 14.4 Å². The van der Waals surface area contributed by atoms with E-state index in [1.807, 2.05) is 6.92 Å². The molecule has 212 valence electrons. The van der Waals surface area contributed by atoms with Gasteiger partial charge in [0, 0.05) is 59.1 Å². The van der Waals surface area contributed by atoms with Crippen molar-refractivity contribution in [2.45, 2.75) is 43.6 Å². The van der Waals surface area contributed by atoms with Crippen LogP contribution in [0, 0.1) is 5.92 Å². The molecule has 1 amide bonds. The molecule has 3 atom stereocenters. The molecule has 14 heteroatoms.